The number of nitro groups is 1. The monoisotopic (exact) mass is 283 g/mol. The van der Waals surface area contributed by atoms with Crippen molar-refractivity contribution in [2.24, 2.45) is 5.73 Å². The number of fused-ring (bicyclic) bond motifs is 1. The fourth-order valence-electron chi connectivity index (χ4n) is 2.89. The van der Waals surface area contributed by atoms with Crippen LogP contribution in [0.15, 0.2) is 48.5 Å². The van der Waals surface area contributed by atoms with Crippen LogP contribution in [0.2, 0.25) is 0 Å². The van der Waals surface area contributed by atoms with E-state index >= 15 is 0 Å². The van der Waals surface area contributed by atoms with Crippen LogP contribution in [0.25, 0.3) is 0 Å². The molecule has 5 heteroatoms. The van der Waals surface area contributed by atoms with Crippen LogP contribution < -0.4 is 11.1 Å². The molecule has 0 aromatic heterocycles. The van der Waals surface area contributed by atoms with Gasteiger partial charge in [0.25, 0.3) is 5.69 Å². The van der Waals surface area contributed by atoms with Crippen molar-refractivity contribution in [2.45, 2.75) is 25.0 Å². The summed E-state index contributed by atoms with van der Waals surface area (Å²) in [5.74, 6) is 0. The van der Waals surface area contributed by atoms with E-state index in [1.54, 1.807) is 12.1 Å². The molecule has 2 aromatic rings. The standard InChI is InChI=1S/C16H17N3O2/c17-15-9-16(14-7-2-1-6-13(14)15)18-10-11-4-3-5-12(8-11)19(20)21/h1-8,15-16,18H,9-10,17H2. The molecule has 1 aliphatic carbocycles. The molecule has 2 atom stereocenters. The van der Waals surface area contributed by atoms with Crippen molar-refractivity contribution in [1.82, 2.24) is 5.32 Å². The lowest BCUT2D eigenvalue weighted by molar-refractivity contribution is -0.384. The first kappa shape index (κ1) is 13.7. The Hall–Kier alpha value is -2.24. The van der Waals surface area contributed by atoms with Crippen molar-refractivity contribution in [3.05, 3.63) is 75.3 Å². The van der Waals surface area contributed by atoms with Crippen LogP contribution in [0.5, 0.6) is 0 Å². The summed E-state index contributed by atoms with van der Waals surface area (Å²) in [6.45, 7) is 0.591. The summed E-state index contributed by atoms with van der Waals surface area (Å²) in [5, 5.41) is 14.2. The van der Waals surface area contributed by atoms with Crippen LogP contribution in [-0.4, -0.2) is 4.92 Å². The van der Waals surface area contributed by atoms with Crippen molar-refractivity contribution in [3.63, 3.8) is 0 Å². The van der Waals surface area contributed by atoms with E-state index in [-0.39, 0.29) is 22.7 Å². The summed E-state index contributed by atoms with van der Waals surface area (Å²) in [6.07, 6.45) is 0.855. The molecule has 5 nitrogen and oxygen atoms in total. The highest BCUT2D eigenvalue weighted by Gasteiger charge is 2.27. The van der Waals surface area contributed by atoms with E-state index in [2.05, 4.69) is 17.4 Å². The summed E-state index contributed by atoms with van der Waals surface area (Å²) >= 11 is 0. The second-order valence-electron chi connectivity index (χ2n) is 5.33. The van der Waals surface area contributed by atoms with Gasteiger partial charge >= 0.3 is 0 Å². The molecule has 108 valence electrons. The Balaban J connectivity index is 1.72. The lowest BCUT2D eigenvalue weighted by Crippen LogP contribution is -2.19. The third-order valence-electron chi connectivity index (χ3n) is 3.93. The Bertz CT molecular complexity index is 672. The number of nitrogens with two attached hydrogens (primary N) is 1. The number of benzene rings is 2. The molecular formula is C16H17N3O2. The minimum absolute atomic E-state index is 0.0591. The van der Waals surface area contributed by atoms with Crippen molar-refractivity contribution in [3.8, 4) is 0 Å². The maximum atomic E-state index is 10.8. The van der Waals surface area contributed by atoms with E-state index < -0.39 is 0 Å². The largest absolute Gasteiger partial charge is 0.324 e. The Kier molecular flexibility index (Phi) is 3.68. The zero-order valence-corrected chi connectivity index (χ0v) is 11.5. The summed E-state index contributed by atoms with van der Waals surface area (Å²) in [6, 6.07) is 15.1. The highest BCUT2D eigenvalue weighted by Crippen LogP contribution is 2.37. The minimum atomic E-state index is -0.371. The van der Waals surface area contributed by atoms with Crippen LogP contribution >= 0.6 is 0 Å². The molecule has 1 aliphatic rings. The van der Waals surface area contributed by atoms with Gasteiger partial charge in [-0.2, -0.15) is 0 Å². The van der Waals surface area contributed by atoms with Gasteiger partial charge in [0.1, 0.15) is 0 Å². The Morgan fingerprint density at radius 3 is 2.71 bits per heavy atom. The molecule has 0 aliphatic heterocycles. The molecule has 0 bridgehead atoms. The highest BCUT2D eigenvalue weighted by molar-refractivity contribution is 5.38. The van der Waals surface area contributed by atoms with Gasteiger partial charge in [0, 0.05) is 30.8 Å². The Labute approximate surface area is 122 Å². The van der Waals surface area contributed by atoms with Gasteiger partial charge in [-0.25, -0.2) is 0 Å². The first-order chi connectivity index (χ1) is 10.1. The van der Waals surface area contributed by atoms with Crippen molar-refractivity contribution < 1.29 is 4.92 Å². The molecule has 0 saturated heterocycles. The van der Waals surface area contributed by atoms with E-state index in [1.165, 1.54) is 17.2 Å². The third kappa shape index (κ3) is 2.79. The maximum absolute atomic E-state index is 10.8. The van der Waals surface area contributed by atoms with Gasteiger partial charge in [-0.3, -0.25) is 10.1 Å². The van der Waals surface area contributed by atoms with Crippen molar-refractivity contribution >= 4 is 5.69 Å². The highest BCUT2D eigenvalue weighted by atomic mass is 16.6. The number of nitro benzene ring substituents is 1. The number of hydrogen-bond donors (Lipinski definition) is 2. The van der Waals surface area contributed by atoms with Gasteiger partial charge < -0.3 is 11.1 Å². The second kappa shape index (κ2) is 5.63. The van der Waals surface area contributed by atoms with Gasteiger partial charge in [0.15, 0.2) is 0 Å². The van der Waals surface area contributed by atoms with Gasteiger partial charge in [-0.1, -0.05) is 36.4 Å². The molecule has 0 saturated carbocycles. The quantitative estimate of drug-likeness (QED) is 0.667. The van der Waals surface area contributed by atoms with Gasteiger partial charge in [0.2, 0.25) is 0 Å². The molecule has 21 heavy (non-hydrogen) atoms. The maximum Gasteiger partial charge on any atom is 0.269 e. The molecule has 2 aromatic carbocycles. The van der Waals surface area contributed by atoms with Gasteiger partial charge in [0.05, 0.1) is 4.92 Å². The Morgan fingerprint density at radius 2 is 1.95 bits per heavy atom. The molecular weight excluding hydrogens is 266 g/mol. The molecule has 2 unspecified atom stereocenters. The number of non-ortho nitro benzene ring substituents is 1. The summed E-state index contributed by atoms with van der Waals surface area (Å²) in [7, 11) is 0. The lowest BCUT2D eigenvalue weighted by Gasteiger charge is -2.14. The summed E-state index contributed by atoms with van der Waals surface area (Å²) in [5.41, 5.74) is 9.59. The van der Waals surface area contributed by atoms with E-state index in [0.717, 1.165) is 12.0 Å². The van der Waals surface area contributed by atoms with E-state index in [1.807, 2.05) is 18.2 Å². The predicted molar refractivity (Wildman–Crippen MR) is 80.7 cm³/mol. The fraction of sp³-hybridized carbons (Fsp3) is 0.250. The number of nitrogens with one attached hydrogen (secondary N) is 1. The fourth-order valence-corrected chi connectivity index (χ4v) is 2.89. The van der Waals surface area contributed by atoms with Crippen LogP contribution in [0.3, 0.4) is 0 Å². The first-order valence-electron chi connectivity index (χ1n) is 6.96. The minimum Gasteiger partial charge on any atom is -0.324 e. The molecule has 0 fully saturated rings. The molecule has 3 rings (SSSR count). The van der Waals surface area contributed by atoms with Crippen LogP contribution in [-0.2, 0) is 6.54 Å². The lowest BCUT2D eigenvalue weighted by atomic mass is 10.1. The molecule has 0 amide bonds. The zero-order chi connectivity index (χ0) is 14.8. The second-order valence-corrected chi connectivity index (χ2v) is 5.33. The van der Waals surface area contributed by atoms with E-state index in [4.69, 9.17) is 5.73 Å². The van der Waals surface area contributed by atoms with Crippen LogP contribution in [0.4, 0.5) is 5.69 Å². The average molecular weight is 283 g/mol. The normalized spacial score (nSPS) is 20.2. The number of hydrogen-bond acceptors (Lipinski definition) is 4. The topological polar surface area (TPSA) is 81.2 Å². The molecule has 0 heterocycles. The number of rotatable bonds is 4. The van der Waals surface area contributed by atoms with E-state index in [9.17, 15) is 10.1 Å². The summed E-state index contributed by atoms with van der Waals surface area (Å²) < 4.78 is 0. The SMILES string of the molecule is NC1CC(NCc2cccc([N+](=O)[O-])c2)c2ccccc21. The average Bonchev–Trinajstić information content (AvgIpc) is 2.82. The first-order valence-corrected chi connectivity index (χ1v) is 6.96. The van der Waals surface area contributed by atoms with Crippen LogP contribution in [0.1, 0.15) is 35.2 Å². The van der Waals surface area contributed by atoms with Crippen molar-refractivity contribution in [2.75, 3.05) is 0 Å². The zero-order valence-electron chi connectivity index (χ0n) is 11.5. The third-order valence-corrected chi connectivity index (χ3v) is 3.93. The van der Waals surface area contributed by atoms with Crippen molar-refractivity contribution in [1.29, 1.82) is 0 Å². The van der Waals surface area contributed by atoms with Gasteiger partial charge in [-0.15, -0.1) is 0 Å². The van der Waals surface area contributed by atoms with E-state index in [0.29, 0.717) is 6.54 Å². The predicted octanol–water partition coefficient (Wildman–Crippen LogP) is 2.83. The Morgan fingerprint density at radius 1 is 1.19 bits per heavy atom. The molecule has 3 N–H and O–H groups in total. The molecule has 0 radical (unpaired) electrons. The summed E-state index contributed by atoms with van der Waals surface area (Å²) in [4.78, 5) is 10.4. The molecule has 0 spiro atoms. The number of nitrogens with zero attached hydrogens (tertiary/aromatic N) is 1. The smallest absolute Gasteiger partial charge is 0.269 e. The van der Waals surface area contributed by atoms with Gasteiger partial charge in [-0.05, 0) is 23.1 Å². The van der Waals surface area contributed by atoms with Crippen LogP contribution in [0, 0.1) is 10.1 Å².